The second kappa shape index (κ2) is 5.67. The Morgan fingerprint density at radius 2 is 1.94 bits per heavy atom. The average Bonchev–Trinajstić information content (AvgIpc) is 2.58. The van der Waals surface area contributed by atoms with Crippen LogP contribution in [0.15, 0.2) is 0 Å². The molecule has 0 aliphatic heterocycles. The van der Waals surface area contributed by atoms with Gasteiger partial charge in [-0.05, 0) is 32.6 Å². The van der Waals surface area contributed by atoms with E-state index in [9.17, 15) is 8.42 Å². The van der Waals surface area contributed by atoms with Gasteiger partial charge in [0.15, 0.2) is 0 Å². The van der Waals surface area contributed by atoms with Gasteiger partial charge in [-0.1, -0.05) is 19.8 Å². The molecule has 0 spiro atoms. The minimum Gasteiger partial charge on any atom is -0.312 e. The fourth-order valence-electron chi connectivity index (χ4n) is 2.72. The molecule has 1 aliphatic carbocycles. The molecule has 0 aromatic heterocycles. The van der Waals surface area contributed by atoms with Crippen LogP contribution in [-0.4, -0.2) is 32.8 Å². The van der Waals surface area contributed by atoms with Gasteiger partial charge in [0.05, 0.1) is 6.26 Å². The van der Waals surface area contributed by atoms with Crippen molar-refractivity contribution in [2.75, 3.05) is 12.8 Å². The van der Waals surface area contributed by atoms with E-state index in [1.807, 2.05) is 13.8 Å². The molecule has 2 atom stereocenters. The maximum absolute atomic E-state index is 11.2. The van der Waals surface area contributed by atoms with Crippen LogP contribution in [0.4, 0.5) is 0 Å². The summed E-state index contributed by atoms with van der Waals surface area (Å²) in [5, 5.41) is 3.52. The molecule has 0 aromatic carbocycles. The van der Waals surface area contributed by atoms with E-state index in [1.165, 1.54) is 31.9 Å². The van der Waals surface area contributed by atoms with E-state index in [2.05, 4.69) is 17.0 Å². The molecule has 1 aliphatic rings. The smallest absolute Gasteiger partial charge is 0.209 e. The zero-order chi connectivity index (χ0) is 13.1. The highest BCUT2D eigenvalue weighted by Crippen LogP contribution is 2.28. The lowest BCUT2D eigenvalue weighted by Gasteiger charge is -2.29. The standard InChI is InChI=1S/C12H26N2O2S/c1-5-10-7-6-8-11(10)13-9-12(2,3)14-17(4,15)16/h10-11,13-14H,5-9H2,1-4H3. The average molecular weight is 262 g/mol. The topological polar surface area (TPSA) is 58.2 Å². The summed E-state index contributed by atoms with van der Waals surface area (Å²) >= 11 is 0. The van der Waals surface area contributed by atoms with Crippen molar-refractivity contribution in [2.24, 2.45) is 5.92 Å². The van der Waals surface area contributed by atoms with Crippen LogP contribution in [0.5, 0.6) is 0 Å². The van der Waals surface area contributed by atoms with E-state index in [1.54, 1.807) is 0 Å². The summed E-state index contributed by atoms with van der Waals surface area (Å²) in [6.45, 7) is 6.74. The third kappa shape index (κ3) is 5.36. The first-order valence-electron chi connectivity index (χ1n) is 6.46. The highest BCUT2D eigenvalue weighted by atomic mass is 32.2. The second-order valence-electron chi connectivity index (χ2n) is 5.84. The van der Waals surface area contributed by atoms with E-state index in [4.69, 9.17) is 0 Å². The summed E-state index contributed by atoms with van der Waals surface area (Å²) in [7, 11) is -3.14. The van der Waals surface area contributed by atoms with Gasteiger partial charge < -0.3 is 5.32 Å². The minimum absolute atomic E-state index is 0.422. The van der Waals surface area contributed by atoms with Crippen LogP contribution in [0.2, 0.25) is 0 Å². The predicted octanol–water partition coefficient (Wildman–Crippen LogP) is 1.48. The van der Waals surface area contributed by atoms with Crippen molar-refractivity contribution in [1.82, 2.24) is 10.0 Å². The predicted molar refractivity (Wildman–Crippen MR) is 71.5 cm³/mol. The van der Waals surface area contributed by atoms with Crippen LogP contribution in [0.25, 0.3) is 0 Å². The van der Waals surface area contributed by atoms with E-state index in [0.717, 1.165) is 5.92 Å². The van der Waals surface area contributed by atoms with E-state index < -0.39 is 15.6 Å². The number of rotatable bonds is 6. The van der Waals surface area contributed by atoms with Gasteiger partial charge in [0.1, 0.15) is 0 Å². The van der Waals surface area contributed by atoms with Crippen LogP contribution >= 0.6 is 0 Å². The highest BCUT2D eigenvalue weighted by Gasteiger charge is 2.28. The molecule has 0 amide bonds. The molecule has 17 heavy (non-hydrogen) atoms. The fourth-order valence-corrected chi connectivity index (χ4v) is 3.79. The first kappa shape index (κ1) is 14.9. The van der Waals surface area contributed by atoms with Gasteiger partial charge in [-0.25, -0.2) is 13.1 Å². The molecule has 0 aromatic rings. The molecule has 5 heteroatoms. The minimum atomic E-state index is -3.14. The van der Waals surface area contributed by atoms with Crippen molar-refractivity contribution in [2.45, 2.75) is 58.0 Å². The Labute approximate surface area is 106 Å². The van der Waals surface area contributed by atoms with E-state index >= 15 is 0 Å². The van der Waals surface area contributed by atoms with Crippen LogP contribution in [0, 0.1) is 5.92 Å². The third-order valence-electron chi connectivity index (χ3n) is 3.45. The largest absolute Gasteiger partial charge is 0.312 e. The lowest BCUT2D eigenvalue weighted by atomic mass is 9.99. The molecular formula is C12H26N2O2S. The first-order valence-corrected chi connectivity index (χ1v) is 8.35. The Balaban J connectivity index is 2.44. The van der Waals surface area contributed by atoms with Crippen molar-refractivity contribution in [3.63, 3.8) is 0 Å². The van der Waals surface area contributed by atoms with Crippen LogP contribution < -0.4 is 10.0 Å². The summed E-state index contributed by atoms with van der Waals surface area (Å²) in [5.74, 6) is 0.754. The fraction of sp³-hybridized carbons (Fsp3) is 1.00. The summed E-state index contributed by atoms with van der Waals surface area (Å²) in [4.78, 5) is 0. The van der Waals surface area contributed by atoms with Gasteiger partial charge in [0.25, 0.3) is 0 Å². The summed E-state index contributed by atoms with van der Waals surface area (Å²) in [6.07, 6.45) is 6.22. The van der Waals surface area contributed by atoms with Crippen LogP contribution in [-0.2, 0) is 10.0 Å². The molecule has 0 saturated heterocycles. The van der Waals surface area contributed by atoms with Crippen molar-refractivity contribution in [3.05, 3.63) is 0 Å². The van der Waals surface area contributed by atoms with Gasteiger partial charge in [0.2, 0.25) is 10.0 Å². The van der Waals surface area contributed by atoms with Gasteiger partial charge >= 0.3 is 0 Å². The van der Waals surface area contributed by atoms with Crippen molar-refractivity contribution < 1.29 is 8.42 Å². The second-order valence-corrected chi connectivity index (χ2v) is 7.59. The molecule has 102 valence electrons. The normalized spacial score (nSPS) is 26.4. The van der Waals surface area contributed by atoms with Gasteiger partial charge in [-0.2, -0.15) is 0 Å². The first-order chi connectivity index (χ1) is 7.73. The zero-order valence-electron chi connectivity index (χ0n) is 11.4. The Morgan fingerprint density at radius 1 is 1.29 bits per heavy atom. The number of nitrogens with one attached hydrogen (secondary N) is 2. The summed E-state index contributed by atoms with van der Waals surface area (Å²) < 4.78 is 25.1. The summed E-state index contributed by atoms with van der Waals surface area (Å²) in [6, 6.07) is 0.556. The highest BCUT2D eigenvalue weighted by molar-refractivity contribution is 7.88. The lowest BCUT2D eigenvalue weighted by molar-refractivity contribution is 0.339. The molecule has 1 fully saturated rings. The number of sulfonamides is 1. The molecule has 0 heterocycles. The van der Waals surface area contributed by atoms with Crippen molar-refractivity contribution >= 4 is 10.0 Å². The Kier molecular flexibility index (Phi) is 4.98. The molecule has 2 N–H and O–H groups in total. The van der Waals surface area contributed by atoms with Gasteiger partial charge in [0, 0.05) is 18.1 Å². The van der Waals surface area contributed by atoms with Crippen molar-refractivity contribution in [3.8, 4) is 0 Å². The Bertz CT molecular complexity index is 338. The molecular weight excluding hydrogens is 236 g/mol. The van der Waals surface area contributed by atoms with Gasteiger partial charge in [-0.15, -0.1) is 0 Å². The quantitative estimate of drug-likeness (QED) is 0.762. The van der Waals surface area contributed by atoms with E-state index in [-0.39, 0.29) is 0 Å². The lowest BCUT2D eigenvalue weighted by Crippen LogP contribution is -2.52. The van der Waals surface area contributed by atoms with Crippen LogP contribution in [0.1, 0.15) is 46.5 Å². The Morgan fingerprint density at radius 3 is 2.47 bits per heavy atom. The SMILES string of the molecule is CCC1CCCC1NCC(C)(C)NS(C)(=O)=O. The molecule has 1 rings (SSSR count). The monoisotopic (exact) mass is 262 g/mol. The van der Waals surface area contributed by atoms with E-state index in [0.29, 0.717) is 12.6 Å². The maximum Gasteiger partial charge on any atom is 0.209 e. The summed E-state index contributed by atoms with van der Waals surface area (Å²) in [5.41, 5.74) is -0.422. The third-order valence-corrected chi connectivity index (χ3v) is 4.37. The molecule has 2 unspecified atom stereocenters. The zero-order valence-corrected chi connectivity index (χ0v) is 12.2. The Hall–Kier alpha value is -0.130. The maximum atomic E-state index is 11.2. The number of hydrogen-bond donors (Lipinski definition) is 2. The van der Waals surface area contributed by atoms with Gasteiger partial charge in [-0.3, -0.25) is 0 Å². The molecule has 1 saturated carbocycles. The number of hydrogen-bond acceptors (Lipinski definition) is 3. The molecule has 0 bridgehead atoms. The van der Waals surface area contributed by atoms with Crippen LogP contribution in [0.3, 0.4) is 0 Å². The molecule has 0 radical (unpaired) electrons. The van der Waals surface area contributed by atoms with Crippen molar-refractivity contribution in [1.29, 1.82) is 0 Å². The molecule has 4 nitrogen and oxygen atoms in total.